The topological polar surface area (TPSA) is 74.8 Å². The van der Waals surface area contributed by atoms with Gasteiger partial charge in [-0.05, 0) is 12.8 Å². The minimum Gasteiger partial charge on any atom is -0.335 e. The highest BCUT2D eigenvalue weighted by atomic mass is 79.9. The second kappa shape index (κ2) is 5.62. The molecule has 0 spiro atoms. The lowest BCUT2D eigenvalue weighted by Crippen LogP contribution is -2.25. The number of hydrogen-bond acceptors (Lipinski definition) is 3. The molecule has 0 radical (unpaired) electrons. The Hall–Kier alpha value is -0.400. The standard InChI is InChI=1S/C8H14BrN3O2S/c1-7(9)3-2-4-12-15(13,14)8-5-10-6-11-8/h5-7,12H,2-4H2,1H3,(H,10,11). The van der Waals surface area contributed by atoms with E-state index < -0.39 is 10.0 Å². The van der Waals surface area contributed by atoms with E-state index in [1.54, 1.807) is 0 Å². The molecule has 0 amide bonds. The van der Waals surface area contributed by atoms with Gasteiger partial charge < -0.3 is 4.98 Å². The van der Waals surface area contributed by atoms with E-state index in [0.29, 0.717) is 11.4 Å². The molecule has 0 bridgehead atoms. The van der Waals surface area contributed by atoms with Gasteiger partial charge in [0.2, 0.25) is 0 Å². The molecular weight excluding hydrogens is 282 g/mol. The number of nitrogens with one attached hydrogen (secondary N) is 2. The molecule has 1 rings (SSSR count). The number of alkyl halides is 1. The monoisotopic (exact) mass is 295 g/mol. The molecule has 1 unspecified atom stereocenters. The van der Waals surface area contributed by atoms with Crippen molar-refractivity contribution in [2.24, 2.45) is 0 Å². The van der Waals surface area contributed by atoms with Gasteiger partial charge in [-0.25, -0.2) is 18.1 Å². The fraction of sp³-hybridized carbons (Fsp3) is 0.625. The van der Waals surface area contributed by atoms with Crippen LogP contribution in [0.4, 0.5) is 0 Å². The van der Waals surface area contributed by atoms with E-state index in [0.717, 1.165) is 12.8 Å². The van der Waals surface area contributed by atoms with Crippen molar-refractivity contribution in [3.05, 3.63) is 12.5 Å². The van der Waals surface area contributed by atoms with Gasteiger partial charge in [-0.3, -0.25) is 0 Å². The van der Waals surface area contributed by atoms with E-state index in [4.69, 9.17) is 0 Å². The van der Waals surface area contributed by atoms with Crippen molar-refractivity contribution in [2.45, 2.75) is 29.6 Å². The SMILES string of the molecule is CC(Br)CCCNS(=O)(=O)c1cnc[nH]1. The number of aromatic amines is 1. The summed E-state index contributed by atoms with van der Waals surface area (Å²) in [5.41, 5.74) is 0. The molecular formula is C8H14BrN3O2S. The van der Waals surface area contributed by atoms with E-state index in [9.17, 15) is 8.42 Å². The van der Waals surface area contributed by atoms with Crippen molar-refractivity contribution in [3.8, 4) is 0 Å². The fourth-order valence-electron chi connectivity index (χ4n) is 1.06. The molecule has 0 aromatic carbocycles. The largest absolute Gasteiger partial charge is 0.335 e. The Bertz CT molecular complexity index is 375. The second-order valence-electron chi connectivity index (χ2n) is 3.24. The molecule has 0 fully saturated rings. The van der Waals surface area contributed by atoms with Gasteiger partial charge in [0.15, 0.2) is 5.03 Å². The predicted molar refractivity (Wildman–Crippen MR) is 61.4 cm³/mol. The van der Waals surface area contributed by atoms with Crippen LogP contribution in [0.5, 0.6) is 0 Å². The van der Waals surface area contributed by atoms with Crippen molar-refractivity contribution in [1.82, 2.24) is 14.7 Å². The molecule has 1 aromatic heterocycles. The maximum Gasteiger partial charge on any atom is 0.257 e. The molecule has 0 aliphatic rings. The zero-order valence-corrected chi connectivity index (χ0v) is 10.8. The molecule has 5 nitrogen and oxygen atoms in total. The van der Waals surface area contributed by atoms with Gasteiger partial charge in [-0.2, -0.15) is 0 Å². The van der Waals surface area contributed by atoms with Crippen LogP contribution < -0.4 is 4.72 Å². The lowest BCUT2D eigenvalue weighted by atomic mass is 10.2. The minimum atomic E-state index is -3.40. The number of H-pyrrole nitrogens is 1. The summed E-state index contributed by atoms with van der Waals surface area (Å²) in [6, 6.07) is 0. The van der Waals surface area contributed by atoms with Crippen LogP contribution in [-0.2, 0) is 10.0 Å². The van der Waals surface area contributed by atoms with Gasteiger partial charge in [-0.15, -0.1) is 0 Å². The molecule has 1 heterocycles. The molecule has 1 atom stereocenters. The van der Waals surface area contributed by atoms with Crippen LogP contribution in [0.25, 0.3) is 0 Å². The first-order valence-corrected chi connectivity index (χ1v) is 7.04. The Kier molecular flexibility index (Phi) is 4.75. The van der Waals surface area contributed by atoms with Gasteiger partial charge in [0.05, 0.1) is 12.5 Å². The Morgan fingerprint density at radius 3 is 2.93 bits per heavy atom. The minimum absolute atomic E-state index is 0.106. The molecule has 0 aliphatic heterocycles. The molecule has 86 valence electrons. The van der Waals surface area contributed by atoms with E-state index in [-0.39, 0.29) is 5.03 Å². The third kappa shape index (κ3) is 4.31. The van der Waals surface area contributed by atoms with Gasteiger partial charge in [0.1, 0.15) is 0 Å². The first-order chi connectivity index (χ1) is 7.02. The first kappa shape index (κ1) is 12.7. The van der Waals surface area contributed by atoms with Crippen molar-refractivity contribution in [2.75, 3.05) is 6.54 Å². The summed E-state index contributed by atoms with van der Waals surface area (Å²) < 4.78 is 25.6. The van der Waals surface area contributed by atoms with Crippen LogP contribution in [0.15, 0.2) is 17.6 Å². The number of halogens is 1. The van der Waals surface area contributed by atoms with E-state index in [1.807, 2.05) is 6.92 Å². The molecule has 0 saturated carbocycles. The summed E-state index contributed by atoms with van der Waals surface area (Å²) in [6.07, 6.45) is 4.37. The summed E-state index contributed by atoms with van der Waals surface area (Å²) >= 11 is 3.40. The van der Waals surface area contributed by atoms with Crippen molar-refractivity contribution in [1.29, 1.82) is 0 Å². The number of rotatable bonds is 6. The molecule has 7 heteroatoms. The number of hydrogen-bond donors (Lipinski definition) is 2. The zero-order chi connectivity index (χ0) is 11.3. The van der Waals surface area contributed by atoms with Gasteiger partial charge >= 0.3 is 0 Å². The summed E-state index contributed by atoms with van der Waals surface area (Å²) in [6.45, 7) is 2.47. The van der Waals surface area contributed by atoms with Crippen LogP contribution in [-0.4, -0.2) is 29.8 Å². The summed E-state index contributed by atoms with van der Waals surface area (Å²) in [7, 11) is -3.40. The first-order valence-electron chi connectivity index (χ1n) is 4.64. The third-order valence-corrected chi connectivity index (χ3v) is 3.68. The Morgan fingerprint density at radius 1 is 1.67 bits per heavy atom. The Labute approximate surface area is 97.9 Å². The van der Waals surface area contributed by atoms with Gasteiger partial charge in [0.25, 0.3) is 10.0 Å². The maximum atomic E-state index is 11.5. The van der Waals surface area contributed by atoms with Crippen LogP contribution in [0.1, 0.15) is 19.8 Å². The third-order valence-electron chi connectivity index (χ3n) is 1.83. The Balaban J connectivity index is 2.39. The number of aromatic nitrogens is 2. The van der Waals surface area contributed by atoms with E-state index >= 15 is 0 Å². The predicted octanol–water partition coefficient (Wildman–Crippen LogP) is 1.25. The Morgan fingerprint density at radius 2 is 2.40 bits per heavy atom. The summed E-state index contributed by atoms with van der Waals surface area (Å²) in [5, 5.41) is 0.106. The maximum absolute atomic E-state index is 11.5. The smallest absolute Gasteiger partial charge is 0.257 e. The molecule has 1 aromatic rings. The van der Waals surface area contributed by atoms with Gasteiger partial charge in [0, 0.05) is 11.4 Å². The molecule has 0 aliphatic carbocycles. The zero-order valence-electron chi connectivity index (χ0n) is 8.40. The van der Waals surface area contributed by atoms with Crippen LogP contribution in [0.3, 0.4) is 0 Å². The highest BCUT2D eigenvalue weighted by Gasteiger charge is 2.14. The van der Waals surface area contributed by atoms with Crippen LogP contribution in [0.2, 0.25) is 0 Å². The van der Waals surface area contributed by atoms with E-state index in [2.05, 4.69) is 30.6 Å². The molecule has 2 N–H and O–H groups in total. The average molecular weight is 296 g/mol. The molecule has 15 heavy (non-hydrogen) atoms. The van der Waals surface area contributed by atoms with Gasteiger partial charge in [-0.1, -0.05) is 22.9 Å². The fourth-order valence-corrected chi connectivity index (χ4v) is 2.36. The average Bonchev–Trinajstić information content (AvgIpc) is 2.65. The molecule has 0 saturated heterocycles. The van der Waals surface area contributed by atoms with Crippen molar-refractivity contribution >= 4 is 26.0 Å². The normalized spacial score (nSPS) is 14.0. The quantitative estimate of drug-likeness (QED) is 0.613. The van der Waals surface area contributed by atoms with E-state index in [1.165, 1.54) is 12.5 Å². The van der Waals surface area contributed by atoms with Crippen molar-refractivity contribution < 1.29 is 8.42 Å². The summed E-state index contributed by atoms with van der Waals surface area (Å²) in [4.78, 5) is 6.63. The number of imidazole rings is 1. The number of nitrogens with zero attached hydrogens (tertiary/aromatic N) is 1. The lowest BCUT2D eigenvalue weighted by molar-refractivity contribution is 0.573. The van der Waals surface area contributed by atoms with Crippen LogP contribution >= 0.6 is 15.9 Å². The highest BCUT2D eigenvalue weighted by Crippen LogP contribution is 2.06. The number of sulfonamides is 1. The van der Waals surface area contributed by atoms with Crippen LogP contribution in [0, 0.1) is 0 Å². The second-order valence-corrected chi connectivity index (χ2v) is 6.54. The highest BCUT2D eigenvalue weighted by molar-refractivity contribution is 9.09. The summed E-state index contributed by atoms with van der Waals surface area (Å²) in [5.74, 6) is 0. The lowest BCUT2D eigenvalue weighted by Gasteiger charge is -2.05. The van der Waals surface area contributed by atoms with Crippen molar-refractivity contribution in [3.63, 3.8) is 0 Å².